The number of alkyl halides is 3. The summed E-state index contributed by atoms with van der Waals surface area (Å²) < 4.78 is 60.4. The fraction of sp³-hybridized carbons (Fsp3) is 0.226. The van der Waals surface area contributed by atoms with E-state index < -0.39 is 29.8 Å². The summed E-state index contributed by atoms with van der Waals surface area (Å²) in [4.78, 5) is 23.5. The van der Waals surface area contributed by atoms with E-state index in [-0.39, 0.29) is 11.2 Å². The van der Waals surface area contributed by atoms with Crippen LogP contribution in [0, 0.1) is 6.92 Å². The molecule has 0 amide bonds. The van der Waals surface area contributed by atoms with Gasteiger partial charge in [0.1, 0.15) is 5.58 Å². The topological polar surface area (TPSA) is 75.0 Å². The Morgan fingerprint density at radius 1 is 0.875 bits per heavy atom. The van der Waals surface area contributed by atoms with Crippen LogP contribution in [0.2, 0.25) is 0 Å². The lowest BCUT2D eigenvalue weighted by Gasteiger charge is -2.13. The van der Waals surface area contributed by atoms with Crippen molar-refractivity contribution in [1.29, 1.82) is 0 Å². The lowest BCUT2D eigenvalue weighted by Crippen LogP contribution is -2.18. The van der Waals surface area contributed by atoms with Crippen molar-refractivity contribution in [3.05, 3.63) is 84.0 Å². The van der Waals surface area contributed by atoms with Crippen molar-refractivity contribution in [3.63, 3.8) is 0 Å². The van der Waals surface area contributed by atoms with Crippen LogP contribution in [0.5, 0.6) is 11.5 Å². The lowest BCUT2D eigenvalue weighted by molar-refractivity contribution is -0.274. The van der Waals surface area contributed by atoms with Gasteiger partial charge < -0.3 is 18.6 Å². The van der Waals surface area contributed by atoms with E-state index >= 15 is 0 Å². The average molecular weight is 553 g/mol. The smallest absolute Gasteiger partial charge is 0.462 e. The highest BCUT2D eigenvalue weighted by molar-refractivity contribution is 6.10. The van der Waals surface area contributed by atoms with Gasteiger partial charge in [0.2, 0.25) is 5.75 Å². The van der Waals surface area contributed by atoms with Crippen LogP contribution in [-0.4, -0.2) is 24.9 Å². The highest BCUT2D eigenvalue weighted by Crippen LogP contribution is 2.45. The first-order valence-corrected chi connectivity index (χ1v) is 12.4. The molecule has 0 aliphatic carbocycles. The van der Waals surface area contributed by atoms with Gasteiger partial charge in [-0.05, 0) is 68.5 Å². The molecule has 0 saturated carbocycles. The number of benzene rings is 3. The van der Waals surface area contributed by atoms with E-state index in [1.54, 1.807) is 13.0 Å². The molecule has 9 heteroatoms. The van der Waals surface area contributed by atoms with Crippen molar-refractivity contribution in [2.45, 2.75) is 40.0 Å². The van der Waals surface area contributed by atoms with E-state index in [2.05, 4.69) is 17.9 Å². The summed E-state index contributed by atoms with van der Waals surface area (Å²) in [5.74, 6) is -2.47. The first-order chi connectivity index (χ1) is 18.9. The minimum Gasteiger partial charge on any atom is -0.462 e. The second kappa shape index (κ2) is 11.3. The molecular formula is C31H27F3O6. The van der Waals surface area contributed by atoms with Crippen molar-refractivity contribution < 1.29 is 41.4 Å². The number of fused-ring (bicyclic) bond motifs is 3. The summed E-state index contributed by atoms with van der Waals surface area (Å²) in [6.07, 6.45) is -3.67. The molecule has 0 atom stereocenters. The highest BCUT2D eigenvalue weighted by Gasteiger charge is 2.35. The second-order valence-corrected chi connectivity index (χ2v) is 9.42. The molecule has 208 valence electrons. The molecular weight excluding hydrogens is 525 g/mol. The Morgan fingerprint density at radius 3 is 2.12 bits per heavy atom. The Morgan fingerprint density at radius 2 is 1.50 bits per heavy atom. The summed E-state index contributed by atoms with van der Waals surface area (Å²) in [5.41, 5.74) is 4.06. The monoisotopic (exact) mass is 552 g/mol. The zero-order chi connectivity index (χ0) is 29.2. The molecule has 4 aromatic rings. The molecule has 0 aliphatic rings. The van der Waals surface area contributed by atoms with Gasteiger partial charge >= 0.3 is 18.3 Å². The quantitative estimate of drug-likeness (QED) is 0.0907. The third kappa shape index (κ3) is 6.20. The van der Waals surface area contributed by atoms with Crippen LogP contribution in [0.3, 0.4) is 0 Å². The zero-order valence-corrected chi connectivity index (χ0v) is 22.2. The largest absolute Gasteiger partial charge is 0.573 e. The molecule has 40 heavy (non-hydrogen) atoms. The third-order valence-corrected chi connectivity index (χ3v) is 6.20. The summed E-state index contributed by atoms with van der Waals surface area (Å²) >= 11 is 0. The molecule has 0 bridgehead atoms. The number of halogens is 3. The molecule has 1 heterocycles. The fourth-order valence-electron chi connectivity index (χ4n) is 4.20. The van der Waals surface area contributed by atoms with E-state index in [1.807, 2.05) is 37.3 Å². The van der Waals surface area contributed by atoms with E-state index in [9.17, 15) is 22.8 Å². The highest BCUT2D eigenvalue weighted by atomic mass is 19.4. The van der Waals surface area contributed by atoms with Crippen LogP contribution in [0.25, 0.3) is 33.1 Å². The average Bonchev–Trinajstić information content (AvgIpc) is 3.27. The van der Waals surface area contributed by atoms with Crippen LogP contribution in [0.15, 0.2) is 77.3 Å². The van der Waals surface area contributed by atoms with E-state index in [4.69, 9.17) is 13.9 Å². The van der Waals surface area contributed by atoms with Gasteiger partial charge in [-0.25, -0.2) is 9.59 Å². The Labute approximate surface area is 228 Å². The summed E-state index contributed by atoms with van der Waals surface area (Å²) in [5, 5.41) is 0.962. The molecule has 6 nitrogen and oxygen atoms in total. The Hall–Kier alpha value is -4.53. The van der Waals surface area contributed by atoms with Crippen LogP contribution in [0.4, 0.5) is 13.2 Å². The number of hydrogen-bond acceptors (Lipinski definition) is 6. The number of furan rings is 1. The normalized spacial score (nSPS) is 11.4. The van der Waals surface area contributed by atoms with Gasteiger partial charge in [0, 0.05) is 27.5 Å². The number of rotatable bonds is 9. The Bertz CT molecular complexity index is 1630. The molecule has 0 radical (unpaired) electrons. The number of carbonyl (C=O) groups is 2. The maximum absolute atomic E-state index is 13.3. The zero-order valence-electron chi connectivity index (χ0n) is 22.2. The Balaban J connectivity index is 1.66. The summed E-state index contributed by atoms with van der Waals surface area (Å²) in [6, 6.07) is 14.2. The molecule has 0 saturated heterocycles. The van der Waals surface area contributed by atoms with E-state index in [1.165, 1.54) is 19.1 Å². The van der Waals surface area contributed by atoms with Crippen molar-refractivity contribution >= 4 is 33.9 Å². The van der Waals surface area contributed by atoms with E-state index in [0.29, 0.717) is 46.9 Å². The van der Waals surface area contributed by atoms with Crippen LogP contribution in [0.1, 0.15) is 31.4 Å². The fourth-order valence-corrected chi connectivity index (χ4v) is 4.20. The van der Waals surface area contributed by atoms with Crippen LogP contribution >= 0.6 is 0 Å². The first-order valence-electron chi connectivity index (χ1n) is 12.4. The van der Waals surface area contributed by atoms with Gasteiger partial charge in [0.05, 0.1) is 6.61 Å². The Kier molecular flexibility index (Phi) is 8.04. The van der Waals surface area contributed by atoms with Crippen LogP contribution < -0.4 is 9.47 Å². The molecule has 0 unspecified atom stereocenters. The molecule has 0 fully saturated rings. The van der Waals surface area contributed by atoms with Crippen molar-refractivity contribution in [3.8, 4) is 22.6 Å². The predicted molar refractivity (Wildman–Crippen MR) is 145 cm³/mol. The molecule has 4 rings (SSSR count). The lowest BCUT2D eigenvalue weighted by atomic mass is 9.96. The van der Waals surface area contributed by atoms with Gasteiger partial charge in [-0.2, -0.15) is 0 Å². The molecule has 0 aliphatic heterocycles. The summed E-state index contributed by atoms with van der Waals surface area (Å²) in [6.45, 7) is 12.1. The second-order valence-electron chi connectivity index (χ2n) is 9.42. The standard InChI is InChI=1S/C31H27F3O6/c1-17(2)29(35)37-16-6-7-20-8-10-21(11-9-20)22-12-13-23-24-14-15-25(38-30(36)18(3)4)28(40-31(32,33)34)27(24)39-26(23)19(22)5/h8-15H,1,3,6-7,16H2,2,4-5H3. The number of ether oxygens (including phenoxy) is 3. The predicted octanol–water partition coefficient (Wildman–Crippen LogP) is 7.99. The van der Waals surface area contributed by atoms with Gasteiger partial charge in [0.15, 0.2) is 11.3 Å². The maximum Gasteiger partial charge on any atom is 0.573 e. The molecule has 1 aromatic heterocycles. The minimum absolute atomic E-state index is 0.0142. The number of hydrogen-bond donors (Lipinski definition) is 0. The minimum atomic E-state index is -5.05. The van der Waals surface area contributed by atoms with Gasteiger partial charge in [-0.1, -0.05) is 43.5 Å². The van der Waals surface area contributed by atoms with Crippen molar-refractivity contribution in [2.24, 2.45) is 0 Å². The van der Waals surface area contributed by atoms with Gasteiger partial charge in [-0.15, -0.1) is 13.2 Å². The van der Waals surface area contributed by atoms with Crippen LogP contribution in [-0.2, 0) is 20.7 Å². The van der Waals surface area contributed by atoms with Crippen molar-refractivity contribution in [1.82, 2.24) is 0 Å². The SMILES string of the molecule is C=C(C)C(=O)OCCCc1ccc(-c2ccc3c(oc4c(OC(F)(F)F)c(OC(=O)C(=C)C)ccc43)c2C)cc1. The number of esters is 2. The van der Waals surface area contributed by atoms with Crippen molar-refractivity contribution in [2.75, 3.05) is 6.61 Å². The number of carbonyl (C=O) groups excluding carboxylic acids is 2. The molecule has 0 spiro atoms. The molecule has 0 N–H and O–H groups in total. The summed E-state index contributed by atoms with van der Waals surface area (Å²) in [7, 11) is 0. The number of aryl methyl sites for hydroxylation is 2. The van der Waals surface area contributed by atoms with Gasteiger partial charge in [-0.3, -0.25) is 0 Å². The third-order valence-electron chi connectivity index (χ3n) is 6.20. The van der Waals surface area contributed by atoms with E-state index in [0.717, 1.165) is 16.7 Å². The first kappa shape index (κ1) is 28.5. The van der Waals surface area contributed by atoms with Gasteiger partial charge in [0.25, 0.3) is 0 Å². The molecule has 3 aromatic carbocycles. The maximum atomic E-state index is 13.3.